The normalized spacial score (nSPS) is 21.4. The summed E-state index contributed by atoms with van der Waals surface area (Å²) in [7, 11) is -3.52. The van der Waals surface area contributed by atoms with E-state index in [4.69, 9.17) is 4.74 Å². The molecule has 7 nitrogen and oxygen atoms in total. The van der Waals surface area contributed by atoms with Gasteiger partial charge < -0.3 is 9.64 Å². The Balaban J connectivity index is 1.38. The lowest BCUT2D eigenvalue weighted by Crippen LogP contribution is -2.44. The predicted molar refractivity (Wildman–Crippen MR) is 114 cm³/mol. The van der Waals surface area contributed by atoms with E-state index in [0.29, 0.717) is 43.7 Å². The molecule has 2 aromatic rings. The van der Waals surface area contributed by atoms with Crippen LogP contribution in [0.4, 0.5) is 5.69 Å². The second kappa shape index (κ2) is 7.76. The zero-order valence-corrected chi connectivity index (χ0v) is 17.9. The van der Waals surface area contributed by atoms with E-state index in [9.17, 15) is 18.0 Å². The second-order valence-electron chi connectivity index (χ2n) is 8.25. The minimum Gasteiger partial charge on any atom is -0.448 e. The van der Waals surface area contributed by atoms with Crippen LogP contribution in [0, 0.1) is 0 Å². The van der Waals surface area contributed by atoms with Gasteiger partial charge in [-0.3, -0.25) is 4.79 Å². The average Bonchev–Trinajstić information content (AvgIpc) is 3.22. The Kier molecular flexibility index (Phi) is 5.06. The maximum Gasteiger partial charge on any atom is 0.339 e. The van der Waals surface area contributed by atoms with Gasteiger partial charge in [0.2, 0.25) is 10.0 Å². The number of anilines is 1. The zero-order valence-electron chi connectivity index (χ0n) is 17.1. The fourth-order valence-corrected chi connectivity index (χ4v) is 6.23. The molecule has 3 aliphatic rings. The Hall–Kier alpha value is -2.71. The lowest BCUT2D eigenvalue weighted by atomic mass is 9.98. The molecule has 0 N–H and O–H groups in total. The van der Waals surface area contributed by atoms with Crippen LogP contribution < -0.4 is 4.90 Å². The fourth-order valence-electron chi connectivity index (χ4n) is 4.66. The number of hydrogen-bond donors (Lipinski definition) is 0. The first kappa shape index (κ1) is 20.2. The third kappa shape index (κ3) is 3.53. The number of benzene rings is 2. The molecule has 1 saturated heterocycles. The standard InChI is InChI=1S/C23H24N2O5S/c26-22(21-15-16-6-2-3-7-19(16)23(27)30-21)25-13-10-17-14-18(8-9-20(17)25)31(28,29)24-11-4-1-5-12-24/h2-3,6-9,14,21H,1,4-5,10-13,15H2. The van der Waals surface area contributed by atoms with Crippen molar-refractivity contribution in [3.8, 4) is 0 Å². The Morgan fingerprint density at radius 3 is 2.55 bits per heavy atom. The molecule has 0 aromatic heterocycles. The monoisotopic (exact) mass is 440 g/mol. The number of nitrogens with zero attached hydrogens (tertiary/aromatic N) is 2. The van der Waals surface area contributed by atoms with Gasteiger partial charge in [-0.25, -0.2) is 13.2 Å². The van der Waals surface area contributed by atoms with Gasteiger partial charge in [-0.2, -0.15) is 4.31 Å². The summed E-state index contributed by atoms with van der Waals surface area (Å²) in [5, 5.41) is 0. The third-order valence-electron chi connectivity index (χ3n) is 6.33. The highest BCUT2D eigenvalue weighted by Crippen LogP contribution is 2.33. The number of ether oxygens (including phenoxy) is 1. The lowest BCUT2D eigenvalue weighted by molar-refractivity contribution is -0.127. The summed E-state index contributed by atoms with van der Waals surface area (Å²) in [6.07, 6.45) is 2.87. The van der Waals surface area contributed by atoms with Crippen LogP contribution in [-0.4, -0.2) is 50.3 Å². The first-order valence-corrected chi connectivity index (χ1v) is 12.1. The summed E-state index contributed by atoms with van der Waals surface area (Å²) in [4.78, 5) is 27.4. The molecular weight excluding hydrogens is 416 g/mol. The van der Waals surface area contributed by atoms with Crippen molar-refractivity contribution in [2.45, 2.75) is 43.1 Å². The van der Waals surface area contributed by atoms with Gasteiger partial charge in [0.15, 0.2) is 6.10 Å². The Labute approximate surface area is 181 Å². The molecular formula is C23H24N2O5S. The quantitative estimate of drug-likeness (QED) is 0.685. The smallest absolute Gasteiger partial charge is 0.339 e. The highest BCUT2D eigenvalue weighted by molar-refractivity contribution is 7.89. The zero-order chi connectivity index (χ0) is 21.6. The number of rotatable bonds is 3. The highest BCUT2D eigenvalue weighted by Gasteiger charge is 2.37. The number of carbonyl (C=O) groups excluding carboxylic acids is 2. The van der Waals surface area contributed by atoms with E-state index >= 15 is 0 Å². The minimum atomic E-state index is -3.52. The van der Waals surface area contributed by atoms with E-state index in [2.05, 4.69) is 0 Å². The fraction of sp³-hybridized carbons (Fsp3) is 0.391. The molecule has 1 atom stereocenters. The maximum atomic E-state index is 13.2. The van der Waals surface area contributed by atoms with Crippen molar-refractivity contribution in [1.82, 2.24) is 4.31 Å². The predicted octanol–water partition coefficient (Wildman–Crippen LogP) is 2.53. The topological polar surface area (TPSA) is 84.0 Å². The van der Waals surface area contributed by atoms with E-state index in [1.54, 1.807) is 39.5 Å². The first-order chi connectivity index (χ1) is 14.9. The third-order valence-corrected chi connectivity index (χ3v) is 8.23. The van der Waals surface area contributed by atoms with Crippen LogP contribution in [0.15, 0.2) is 47.4 Å². The van der Waals surface area contributed by atoms with Crippen LogP contribution in [0.1, 0.15) is 40.7 Å². The number of carbonyl (C=O) groups is 2. The minimum absolute atomic E-state index is 0.270. The van der Waals surface area contributed by atoms with Crippen LogP contribution in [0.25, 0.3) is 0 Å². The number of amides is 1. The molecule has 8 heteroatoms. The van der Waals surface area contributed by atoms with Gasteiger partial charge in [0, 0.05) is 31.7 Å². The number of hydrogen-bond acceptors (Lipinski definition) is 5. The first-order valence-electron chi connectivity index (χ1n) is 10.7. The number of cyclic esters (lactones) is 1. The van der Waals surface area contributed by atoms with Crippen LogP contribution in [0.5, 0.6) is 0 Å². The van der Waals surface area contributed by atoms with Crippen molar-refractivity contribution < 1.29 is 22.7 Å². The van der Waals surface area contributed by atoms with Gasteiger partial charge in [0.1, 0.15) is 0 Å². The van der Waals surface area contributed by atoms with Crippen molar-refractivity contribution in [1.29, 1.82) is 0 Å². The van der Waals surface area contributed by atoms with Crippen molar-refractivity contribution in [2.75, 3.05) is 24.5 Å². The summed E-state index contributed by atoms with van der Waals surface area (Å²) < 4.78 is 33.0. The van der Waals surface area contributed by atoms with Gasteiger partial charge in [0.05, 0.1) is 10.5 Å². The molecule has 31 heavy (non-hydrogen) atoms. The molecule has 3 aliphatic heterocycles. The molecule has 5 rings (SSSR count). The van der Waals surface area contributed by atoms with Gasteiger partial charge in [-0.15, -0.1) is 0 Å². The van der Waals surface area contributed by atoms with Gasteiger partial charge in [-0.1, -0.05) is 24.6 Å². The highest BCUT2D eigenvalue weighted by atomic mass is 32.2. The van der Waals surface area contributed by atoms with Crippen LogP contribution in [0.2, 0.25) is 0 Å². The van der Waals surface area contributed by atoms with Crippen LogP contribution >= 0.6 is 0 Å². The van der Waals surface area contributed by atoms with E-state index in [-0.39, 0.29) is 10.8 Å². The number of piperidine rings is 1. The summed E-state index contributed by atoms with van der Waals surface area (Å²) in [6.45, 7) is 1.55. The molecule has 0 aliphatic carbocycles. The maximum absolute atomic E-state index is 13.2. The molecule has 0 saturated carbocycles. The van der Waals surface area contributed by atoms with Crippen molar-refractivity contribution >= 4 is 27.6 Å². The summed E-state index contributed by atoms with van der Waals surface area (Å²) in [5.74, 6) is -0.754. The number of esters is 1. The molecule has 162 valence electrons. The van der Waals surface area contributed by atoms with Crippen LogP contribution in [-0.2, 0) is 32.4 Å². The number of fused-ring (bicyclic) bond motifs is 2. The molecule has 2 aromatic carbocycles. The number of sulfonamides is 1. The van der Waals surface area contributed by atoms with Crippen molar-refractivity contribution in [3.05, 3.63) is 59.2 Å². The molecule has 1 fully saturated rings. The van der Waals surface area contributed by atoms with E-state index < -0.39 is 22.1 Å². The largest absolute Gasteiger partial charge is 0.448 e. The van der Waals surface area contributed by atoms with Gasteiger partial charge in [-0.05, 0) is 54.7 Å². The molecule has 0 radical (unpaired) electrons. The van der Waals surface area contributed by atoms with Crippen LogP contribution in [0.3, 0.4) is 0 Å². The molecule has 0 bridgehead atoms. The summed E-state index contributed by atoms with van der Waals surface area (Å²) in [5.41, 5.74) is 2.83. The van der Waals surface area contributed by atoms with Crippen molar-refractivity contribution in [2.24, 2.45) is 0 Å². The van der Waals surface area contributed by atoms with E-state index in [1.165, 1.54) is 0 Å². The molecule has 0 spiro atoms. The van der Waals surface area contributed by atoms with E-state index in [0.717, 1.165) is 30.4 Å². The average molecular weight is 441 g/mol. The molecule has 3 heterocycles. The SMILES string of the molecule is O=C1OC(C(=O)N2CCc3cc(S(=O)(=O)N4CCCCC4)ccc32)Cc2ccccc21. The van der Waals surface area contributed by atoms with E-state index in [1.807, 2.05) is 12.1 Å². The molecule has 1 amide bonds. The summed E-state index contributed by atoms with van der Waals surface area (Å²) >= 11 is 0. The van der Waals surface area contributed by atoms with Crippen molar-refractivity contribution in [3.63, 3.8) is 0 Å². The summed E-state index contributed by atoms with van der Waals surface area (Å²) in [6, 6.07) is 12.1. The van der Waals surface area contributed by atoms with Gasteiger partial charge in [0.25, 0.3) is 5.91 Å². The Bertz CT molecular complexity index is 1150. The Morgan fingerprint density at radius 2 is 1.74 bits per heavy atom. The lowest BCUT2D eigenvalue weighted by Gasteiger charge is -2.28. The molecule has 1 unspecified atom stereocenters. The second-order valence-corrected chi connectivity index (χ2v) is 10.2. The van der Waals surface area contributed by atoms with Gasteiger partial charge >= 0.3 is 5.97 Å². The Morgan fingerprint density at radius 1 is 0.968 bits per heavy atom.